The Bertz CT molecular complexity index is 932. The van der Waals surface area contributed by atoms with Crippen LogP contribution in [0.4, 0.5) is 0 Å². The van der Waals surface area contributed by atoms with Crippen molar-refractivity contribution < 1.29 is 27.7 Å². The summed E-state index contributed by atoms with van der Waals surface area (Å²) in [6.45, 7) is 5.24. The lowest BCUT2D eigenvalue weighted by Gasteiger charge is -2.23. The Morgan fingerprint density at radius 3 is 2.26 bits per heavy atom. The fourth-order valence-electron chi connectivity index (χ4n) is 2.81. The maximum absolute atomic E-state index is 13.0. The predicted molar refractivity (Wildman–Crippen MR) is 99.7 cm³/mol. The molecule has 0 aromatic heterocycles. The summed E-state index contributed by atoms with van der Waals surface area (Å²) in [6, 6.07) is 9.66. The highest BCUT2D eigenvalue weighted by Gasteiger charge is 2.31. The molecular formula is C19H23NO6S. The molecule has 0 saturated heterocycles. The number of ether oxygens (including phenoxy) is 3. The summed E-state index contributed by atoms with van der Waals surface area (Å²) in [7, 11) is -2.36. The van der Waals surface area contributed by atoms with Gasteiger partial charge in [-0.25, -0.2) is 13.1 Å². The number of aliphatic hydroxyl groups excluding tert-OH is 1. The van der Waals surface area contributed by atoms with Crippen LogP contribution in [-0.2, 0) is 10.0 Å². The topological polar surface area (TPSA) is 94.1 Å². The third-order valence-corrected chi connectivity index (χ3v) is 5.77. The number of aliphatic hydroxyl groups is 1. The summed E-state index contributed by atoms with van der Waals surface area (Å²) in [5.74, 6) is 1.36. The van der Waals surface area contributed by atoms with E-state index < -0.39 is 21.7 Å². The molecule has 2 aromatic carbocycles. The molecule has 7 nitrogen and oxygen atoms in total. The monoisotopic (exact) mass is 393 g/mol. The lowest BCUT2D eigenvalue weighted by atomic mass is 10.0. The zero-order valence-electron chi connectivity index (χ0n) is 15.6. The van der Waals surface area contributed by atoms with E-state index in [9.17, 15) is 13.5 Å². The Morgan fingerprint density at radius 2 is 1.70 bits per heavy atom. The van der Waals surface area contributed by atoms with Crippen molar-refractivity contribution in [2.75, 3.05) is 13.9 Å². The van der Waals surface area contributed by atoms with Crippen LogP contribution in [0.5, 0.6) is 17.2 Å². The van der Waals surface area contributed by atoms with E-state index in [4.69, 9.17) is 14.2 Å². The molecule has 3 rings (SSSR count). The van der Waals surface area contributed by atoms with Crippen molar-refractivity contribution in [2.24, 2.45) is 0 Å². The fourth-order valence-corrected chi connectivity index (χ4v) is 4.47. The van der Waals surface area contributed by atoms with E-state index in [1.54, 1.807) is 52.1 Å². The highest BCUT2D eigenvalue weighted by atomic mass is 32.2. The van der Waals surface area contributed by atoms with Gasteiger partial charge in [0, 0.05) is 17.2 Å². The average molecular weight is 393 g/mol. The first kappa shape index (κ1) is 19.5. The molecule has 1 aliphatic rings. The molecule has 8 heteroatoms. The van der Waals surface area contributed by atoms with E-state index in [-0.39, 0.29) is 17.3 Å². The number of nitrogens with one attached hydrogen (secondary N) is 1. The number of methoxy groups -OCH3 is 1. The summed E-state index contributed by atoms with van der Waals surface area (Å²) in [5.41, 5.74) is 0.0559. The van der Waals surface area contributed by atoms with Gasteiger partial charge < -0.3 is 19.3 Å². The van der Waals surface area contributed by atoms with Gasteiger partial charge in [0.05, 0.1) is 12.0 Å². The summed E-state index contributed by atoms with van der Waals surface area (Å²) in [5, 5.41) is 10.9. The van der Waals surface area contributed by atoms with Crippen molar-refractivity contribution in [3.63, 3.8) is 0 Å². The first-order valence-electron chi connectivity index (χ1n) is 8.40. The molecular weight excluding hydrogens is 370 g/mol. The van der Waals surface area contributed by atoms with Crippen molar-refractivity contribution in [3.05, 3.63) is 47.5 Å². The lowest BCUT2D eigenvalue weighted by Crippen LogP contribution is -2.40. The summed E-state index contributed by atoms with van der Waals surface area (Å²) in [4.78, 5) is -0.0509. The molecule has 0 fully saturated rings. The van der Waals surface area contributed by atoms with E-state index in [1.807, 2.05) is 0 Å². The van der Waals surface area contributed by atoms with Crippen LogP contribution in [-0.4, -0.2) is 33.0 Å². The van der Waals surface area contributed by atoms with Crippen molar-refractivity contribution in [1.29, 1.82) is 0 Å². The van der Waals surface area contributed by atoms with Crippen molar-refractivity contribution in [2.45, 2.75) is 37.3 Å². The van der Waals surface area contributed by atoms with E-state index in [0.29, 0.717) is 22.8 Å². The van der Waals surface area contributed by atoms with Gasteiger partial charge in [0.2, 0.25) is 16.8 Å². The molecule has 146 valence electrons. The van der Waals surface area contributed by atoms with Crippen LogP contribution in [0, 0.1) is 0 Å². The van der Waals surface area contributed by atoms with Gasteiger partial charge in [-0.1, -0.05) is 12.1 Å². The molecule has 0 radical (unpaired) electrons. The minimum Gasteiger partial charge on any atom is -0.497 e. The normalized spacial score (nSPS) is 14.9. The molecule has 0 amide bonds. The minimum absolute atomic E-state index is 0.00358. The molecule has 0 spiro atoms. The quantitative estimate of drug-likeness (QED) is 0.811. The Labute approximate surface area is 158 Å². The van der Waals surface area contributed by atoms with Crippen LogP contribution < -0.4 is 18.9 Å². The summed E-state index contributed by atoms with van der Waals surface area (Å²) < 4.78 is 44.4. The van der Waals surface area contributed by atoms with Crippen molar-refractivity contribution in [3.8, 4) is 17.2 Å². The average Bonchev–Trinajstić information content (AvgIpc) is 3.05. The summed E-state index contributed by atoms with van der Waals surface area (Å²) >= 11 is 0. The van der Waals surface area contributed by atoms with Gasteiger partial charge in [-0.15, -0.1) is 0 Å². The maximum Gasteiger partial charge on any atom is 0.241 e. The molecule has 27 heavy (non-hydrogen) atoms. The smallest absolute Gasteiger partial charge is 0.241 e. The van der Waals surface area contributed by atoms with Gasteiger partial charge in [0.25, 0.3) is 0 Å². The zero-order chi connectivity index (χ0) is 19.8. The standard InChI is InChI=1S/C19H23NO6S/c1-19(2,3)20-27(22,23)17-10-16-15(25-11-26-16)9-14(17)18(21)12-5-7-13(24-4)8-6-12/h5-10,18,20-21H,11H2,1-4H3. The van der Waals surface area contributed by atoms with E-state index in [0.717, 1.165) is 0 Å². The number of benzene rings is 2. The number of rotatable bonds is 5. The molecule has 1 aliphatic heterocycles. The minimum atomic E-state index is -3.91. The molecule has 2 N–H and O–H groups in total. The number of fused-ring (bicyclic) bond motifs is 1. The van der Waals surface area contributed by atoms with Gasteiger partial charge in [0.1, 0.15) is 11.9 Å². The first-order chi connectivity index (χ1) is 12.6. The van der Waals surface area contributed by atoms with Crippen LogP contribution in [0.2, 0.25) is 0 Å². The molecule has 0 saturated carbocycles. The summed E-state index contributed by atoms with van der Waals surface area (Å²) in [6.07, 6.45) is -1.17. The Hall–Kier alpha value is -2.29. The maximum atomic E-state index is 13.0. The van der Waals surface area contributed by atoms with E-state index in [1.165, 1.54) is 12.1 Å². The van der Waals surface area contributed by atoms with Crippen LogP contribution in [0.1, 0.15) is 38.0 Å². The van der Waals surface area contributed by atoms with Crippen LogP contribution in [0.15, 0.2) is 41.3 Å². The highest BCUT2D eigenvalue weighted by Crippen LogP contribution is 2.40. The molecule has 0 bridgehead atoms. The van der Waals surface area contributed by atoms with Crippen LogP contribution in [0.3, 0.4) is 0 Å². The molecule has 2 aromatic rings. The van der Waals surface area contributed by atoms with Gasteiger partial charge in [-0.2, -0.15) is 0 Å². The highest BCUT2D eigenvalue weighted by molar-refractivity contribution is 7.89. The second-order valence-electron chi connectivity index (χ2n) is 7.27. The molecule has 1 unspecified atom stereocenters. The van der Waals surface area contributed by atoms with Gasteiger partial charge in [-0.05, 0) is 44.5 Å². The van der Waals surface area contributed by atoms with Gasteiger partial charge in [-0.3, -0.25) is 0 Å². The largest absolute Gasteiger partial charge is 0.497 e. The van der Waals surface area contributed by atoms with E-state index >= 15 is 0 Å². The Morgan fingerprint density at radius 1 is 1.11 bits per heavy atom. The third kappa shape index (κ3) is 4.18. The predicted octanol–water partition coefficient (Wildman–Crippen LogP) is 2.58. The van der Waals surface area contributed by atoms with E-state index in [2.05, 4.69) is 4.72 Å². The Balaban J connectivity index is 2.10. The zero-order valence-corrected chi connectivity index (χ0v) is 16.5. The van der Waals surface area contributed by atoms with Gasteiger partial charge >= 0.3 is 0 Å². The number of hydrogen-bond donors (Lipinski definition) is 2. The third-order valence-electron chi connectivity index (χ3n) is 3.96. The first-order valence-corrected chi connectivity index (χ1v) is 9.88. The number of sulfonamides is 1. The second-order valence-corrected chi connectivity index (χ2v) is 8.93. The number of hydrogen-bond acceptors (Lipinski definition) is 6. The second kappa shape index (κ2) is 7.03. The molecule has 1 atom stereocenters. The van der Waals surface area contributed by atoms with Crippen LogP contribution >= 0.6 is 0 Å². The van der Waals surface area contributed by atoms with Crippen molar-refractivity contribution >= 4 is 10.0 Å². The van der Waals surface area contributed by atoms with Gasteiger partial charge in [0.15, 0.2) is 11.5 Å². The van der Waals surface area contributed by atoms with Crippen LogP contribution in [0.25, 0.3) is 0 Å². The van der Waals surface area contributed by atoms with Crippen molar-refractivity contribution in [1.82, 2.24) is 4.72 Å². The molecule has 0 aliphatic carbocycles. The molecule has 1 heterocycles. The lowest BCUT2D eigenvalue weighted by molar-refractivity contribution is 0.173. The Kier molecular flexibility index (Phi) is 5.07. The fraction of sp³-hybridized carbons (Fsp3) is 0.368. The SMILES string of the molecule is COc1ccc(C(O)c2cc3c(cc2S(=O)(=O)NC(C)(C)C)OCO3)cc1.